The van der Waals surface area contributed by atoms with Crippen molar-refractivity contribution in [1.82, 2.24) is 9.78 Å². The smallest absolute Gasteiger partial charge is 0.303 e. The molecule has 0 saturated carbocycles. The highest BCUT2D eigenvalue weighted by Crippen LogP contribution is 2.26. The highest BCUT2D eigenvalue weighted by Gasteiger charge is 2.16. The van der Waals surface area contributed by atoms with Gasteiger partial charge in [-0.15, -0.1) is 0 Å². The molecule has 2 aromatic heterocycles. The van der Waals surface area contributed by atoms with Gasteiger partial charge in [0, 0.05) is 24.7 Å². The first kappa shape index (κ1) is 12.4. The molecular formula is C13H16N2O3. The van der Waals surface area contributed by atoms with E-state index >= 15 is 0 Å². The molecule has 0 aliphatic heterocycles. The van der Waals surface area contributed by atoms with Gasteiger partial charge in [0.05, 0.1) is 6.42 Å². The lowest BCUT2D eigenvalue weighted by Gasteiger charge is -2.00. The summed E-state index contributed by atoms with van der Waals surface area (Å²) in [5.41, 5.74) is 2.69. The summed E-state index contributed by atoms with van der Waals surface area (Å²) in [6, 6.07) is 3.77. The summed E-state index contributed by atoms with van der Waals surface area (Å²) in [6.45, 7) is 3.82. The number of rotatable bonds is 4. The van der Waals surface area contributed by atoms with Gasteiger partial charge in [0.1, 0.15) is 11.5 Å². The normalized spacial score (nSPS) is 10.8. The van der Waals surface area contributed by atoms with Crippen LogP contribution in [-0.2, 0) is 18.3 Å². The molecule has 0 atom stereocenters. The van der Waals surface area contributed by atoms with Crippen LogP contribution in [0.15, 0.2) is 16.5 Å². The van der Waals surface area contributed by atoms with E-state index < -0.39 is 5.97 Å². The number of aromatic nitrogens is 2. The second kappa shape index (κ2) is 4.68. The van der Waals surface area contributed by atoms with E-state index in [1.807, 2.05) is 33.0 Å². The van der Waals surface area contributed by atoms with E-state index in [-0.39, 0.29) is 6.42 Å². The average Bonchev–Trinajstić information content (AvgIpc) is 2.82. The topological polar surface area (TPSA) is 68.3 Å². The number of carbonyl (C=O) groups is 1. The minimum Gasteiger partial charge on any atom is -0.481 e. The fourth-order valence-corrected chi connectivity index (χ4v) is 2.04. The Labute approximate surface area is 105 Å². The molecule has 0 unspecified atom stereocenters. The molecule has 2 heterocycles. The summed E-state index contributed by atoms with van der Waals surface area (Å²) in [5, 5.41) is 13.1. The van der Waals surface area contributed by atoms with E-state index in [0.29, 0.717) is 6.42 Å². The zero-order valence-electron chi connectivity index (χ0n) is 10.7. The maximum absolute atomic E-state index is 10.6. The zero-order chi connectivity index (χ0) is 13.3. The van der Waals surface area contributed by atoms with Crippen LogP contribution in [0.4, 0.5) is 0 Å². The lowest BCUT2D eigenvalue weighted by atomic mass is 10.1. The molecule has 18 heavy (non-hydrogen) atoms. The molecule has 0 fully saturated rings. The van der Waals surface area contributed by atoms with Gasteiger partial charge in [-0.05, 0) is 26.0 Å². The predicted molar refractivity (Wildman–Crippen MR) is 66.3 cm³/mol. The molecule has 1 N–H and O–H groups in total. The number of aliphatic carboxylic acids is 1. The third-order valence-corrected chi connectivity index (χ3v) is 2.98. The number of nitrogens with zero attached hydrogens (tertiary/aromatic N) is 2. The van der Waals surface area contributed by atoms with Crippen molar-refractivity contribution in [3.8, 4) is 11.5 Å². The molecule has 5 heteroatoms. The molecular weight excluding hydrogens is 232 g/mol. The van der Waals surface area contributed by atoms with Gasteiger partial charge in [-0.25, -0.2) is 0 Å². The number of carboxylic acids is 1. The van der Waals surface area contributed by atoms with Crippen LogP contribution in [0.2, 0.25) is 0 Å². The third-order valence-electron chi connectivity index (χ3n) is 2.98. The van der Waals surface area contributed by atoms with Gasteiger partial charge in [-0.3, -0.25) is 9.48 Å². The first-order valence-corrected chi connectivity index (χ1v) is 5.80. The Hall–Kier alpha value is -2.04. The lowest BCUT2D eigenvalue weighted by molar-refractivity contribution is -0.136. The van der Waals surface area contributed by atoms with Crippen LogP contribution < -0.4 is 0 Å². The Morgan fingerprint density at radius 2 is 2.17 bits per heavy atom. The van der Waals surface area contributed by atoms with E-state index in [1.54, 1.807) is 4.68 Å². The van der Waals surface area contributed by atoms with Crippen molar-refractivity contribution >= 4 is 5.97 Å². The van der Waals surface area contributed by atoms with Gasteiger partial charge in [-0.2, -0.15) is 5.10 Å². The summed E-state index contributed by atoms with van der Waals surface area (Å²) in [7, 11) is 1.82. The third kappa shape index (κ3) is 2.30. The van der Waals surface area contributed by atoms with Crippen LogP contribution in [0.25, 0.3) is 11.5 Å². The predicted octanol–water partition coefficient (Wildman–Crippen LogP) is 2.31. The lowest BCUT2D eigenvalue weighted by Crippen LogP contribution is -2.03. The van der Waals surface area contributed by atoms with E-state index in [4.69, 9.17) is 9.52 Å². The second-order valence-corrected chi connectivity index (χ2v) is 4.35. The van der Waals surface area contributed by atoms with E-state index in [2.05, 4.69) is 5.10 Å². The first-order chi connectivity index (χ1) is 8.49. The Balaban J connectivity index is 2.34. The van der Waals surface area contributed by atoms with Gasteiger partial charge in [0.2, 0.25) is 0 Å². The average molecular weight is 248 g/mol. The molecule has 0 radical (unpaired) electrons. The van der Waals surface area contributed by atoms with Crippen molar-refractivity contribution in [3.63, 3.8) is 0 Å². The summed E-state index contributed by atoms with van der Waals surface area (Å²) in [6.07, 6.45) is 0.585. The van der Waals surface area contributed by atoms with Crippen molar-refractivity contribution in [2.24, 2.45) is 7.05 Å². The van der Waals surface area contributed by atoms with E-state index in [9.17, 15) is 4.79 Å². The zero-order valence-corrected chi connectivity index (χ0v) is 10.7. The maximum atomic E-state index is 10.6. The Morgan fingerprint density at radius 3 is 2.72 bits per heavy atom. The van der Waals surface area contributed by atoms with Gasteiger partial charge >= 0.3 is 5.97 Å². The monoisotopic (exact) mass is 248 g/mol. The van der Waals surface area contributed by atoms with Crippen LogP contribution in [-0.4, -0.2) is 20.9 Å². The van der Waals surface area contributed by atoms with Gasteiger partial charge in [0.25, 0.3) is 0 Å². The first-order valence-electron chi connectivity index (χ1n) is 5.80. The molecule has 0 bridgehead atoms. The van der Waals surface area contributed by atoms with Crippen LogP contribution >= 0.6 is 0 Å². The van der Waals surface area contributed by atoms with Crippen LogP contribution in [0, 0.1) is 13.8 Å². The van der Waals surface area contributed by atoms with Gasteiger partial charge < -0.3 is 9.52 Å². The molecule has 5 nitrogen and oxygen atoms in total. The second-order valence-electron chi connectivity index (χ2n) is 4.35. The van der Waals surface area contributed by atoms with Crippen molar-refractivity contribution in [2.75, 3.05) is 0 Å². The molecule has 0 aromatic carbocycles. The van der Waals surface area contributed by atoms with Gasteiger partial charge in [-0.1, -0.05) is 0 Å². The molecule has 0 aliphatic rings. The number of carboxylic acid groups (broad SMARTS) is 1. The highest BCUT2D eigenvalue weighted by atomic mass is 16.4. The minimum absolute atomic E-state index is 0.108. The Morgan fingerprint density at radius 1 is 1.44 bits per heavy atom. The molecule has 0 amide bonds. The highest BCUT2D eigenvalue weighted by molar-refractivity contribution is 5.67. The number of furan rings is 1. The van der Waals surface area contributed by atoms with Crippen molar-refractivity contribution in [3.05, 3.63) is 29.2 Å². The van der Waals surface area contributed by atoms with Crippen molar-refractivity contribution < 1.29 is 14.3 Å². The number of hydrogen-bond acceptors (Lipinski definition) is 3. The molecule has 2 rings (SSSR count). The summed E-state index contributed by atoms with van der Waals surface area (Å²) in [5.74, 6) is 0.760. The van der Waals surface area contributed by atoms with Crippen molar-refractivity contribution in [1.29, 1.82) is 0 Å². The van der Waals surface area contributed by atoms with Crippen molar-refractivity contribution in [2.45, 2.75) is 26.7 Å². The van der Waals surface area contributed by atoms with E-state index in [1.165, 1.54) is 0 Å². The Kier molecular flexibility index (Phi) is 3.23. The fraction of sp³-hybridized carbons (Fsp3) is 0.385. The molecule has 2 aromatic rings. The van der Waals surface area contributed by atoms with E-state index in [0.717, 1.165) is 28.5 Å². The van der Waals surface area contributed by atoms with Crippen LogP contribution in [0.3, 0.4) is 0 Å². The maximum Gasteiger partial charge on any atom is 0.303 e. The molecule has 0 saturated heterocycles. The largest absolute Gasteiger partial charge is 0.481 e. The summed E-state index contributed by atoms with van der Waals surface area (Å²) in [4.78, 5) is 10.6. The molecule has 0 aliphatic carbocycles. The Bertz CT molecular complexity index is 581. The minimum atomic E-state index is -0.800. The number of aryl methyl sites for hydroxylation is 2. The standard InChI is InChI=1S/C13H16N2O3/c1-8-4-6-11(18-8)13-9(2)10(15(3)14-13)5-7-12(16)17/h4,6H,5,7H2,1-3H3,(H,16,17). The molecule has 0 spiro atoms. The quantitative estimate of drug-likeness (QED) is 0.901. The fourth-order valence-electron chi connectivity index (χ4n) is 2.04. The number of hydrogen-bond donors (Lipinski definition) is 1. The molecule has 96 valence electrons. The van der Waals surface area contributed by atoms with Crippen LogP contribution in [0.1, 0.15) is 23.4 Å². The summed E-state index contributed by atoms with van der Waals surface area (Å²) >= 11 is 0. The summed E-state index contributed by atoms with van der Waals surface area (Å²) < 4.78 is 7.28. The van der Waals surface area contributed by atoms with Crippen LogP contribution in [0.5, 0.6) is 0 Å². The SMILES string of the molecule is Cc1ccc(-c2nn(C)c(CCC(=O)O)c2C)o1. The van der Waals surface area contributed by atoms with Gasteiger partial charge in [0.15, 0.2) is 5.76 Å².